The van der Waals surface area contributed by atoms with Crippen molar-refractivity contribution in [2.45, 2.75) is 30.6 Å². The Morgan fingerprint density at radius 3 is 2.50 bits per heavy atom. The van der Waals surface area contributed by atoms with Gasteiger partial charge in [0.15, 0.2) is 6.29 Å². The molecule has 0 aromatic rings. The number of nitrogens with one attached hydrogen (secondary N) is 2. The van der Waals surface area contributed by atoms with Gasteiger partial charge < -0.3 is 35.8 Å². The van der Waals surface area contributed by atoms with Crippen LogP contribution in [-0.4, -0.2) is 76.1 Å². The van der Waals surface area contributed by atoms with Crippen LogP contribution in [-0.2, 0) is 4.74 Å². The molecule has 0 aromatic heterocycles. The first-order valence-corrected chi connectivity index (χ1v) is 5.95. The van der Waals surface area contributed by atoms with E-state index < -0.39 is 43.3 Å². The third-order valence-corrected chi connectivity index (χ3v) is 2.77. The third kappa shape index (κ3) is 3.67. The smallest absolute Gasteiger partial charge is 0.315 e. The standard InChI is InChI=1S/C9H17ClN2O6/c10-1-2-11-9(17)12-5-7(15)6(14)4(3-13)18-8(5)16/h4-8,13-16H,1-3H2,(H2,11,12,17)/t4-,5+,6-,7-,8-/m1/s1. The number of carbonyl (C=O) groups is 1. The quantitative estimate of drug-likeness (QED) is 0.312. The minimum Gasteiger partial charge on any atom is -0.394 e. The van der Waals surface area contributed by atoms with E-state index in [2.05, 4.69) is 10.6 Å². The molecule has 18 heavy (non-hydrogen) atoms. The molecule has 1 aliphatic rings. The van der Waals surface area contributed by atoms with Crippen LogP contribution in [0.25, 0.3) is 0 Å². The second kappa shape index (κ2) is 7.07. The maximum atomic E-state index is 11.3. The van der Waals surface area contributed by atoms with Crippen LogP contribution >= 0.6 is 11.6 Å². The van der Waals surface area contributed by atoms with E-state index >= 15 is 0 Å². The molecule has 0 bridgehead atoms. The van der Waals surface area contributed by atoms with Gasteiger partial charge in [-0.15, -0.1) is 11.6 Å². The molecule has 0 aromatic carbocycles. The number of urea groups is 1. The highest BCUT2D eigenvalue weighted by Crippen LogP contribution is 2.19. The van der Waals surface area contributed by atoms with Crippen molar-refractivity contribution in [1.82, 2.24) is 10.6 Å². The Morgan fingerprint density at radius 2 is 1.94 bits per heavy atom. The van der Waals surface area contributed by atoms with E-state index in [0.717, 1.165) is 0 Å². The first-order valence-electron chi connectivity index (χ1n) is 5.42. The van der Waals surface area contributed by atoms with E-state index in [4.69, 9.17) is 21.4 Å². The van der Waals surface area contributed by atoms with Crippen molar-refractivity contribution >= 4 is 17.6 Å². The van der Waals surface area contributed by atoms with E-state index in [9.17, 15) is 20.1 Å². The zero-order valence-electron chi connectivity index (χ0n) is 9.49. The Morgan fingerprint density at radius 1 is 1.28 bits per heavy atom. The summed E-state index contributed by atoms with van der Waals surface area (Å²) in [6.45, 7) is -0.338. The minimum absolute atomic E-state index is 0.217. The largest absolute Gasteiger partial charge is 0.394 e. The number of amides is 2. The molecule has 1 heterocycles. The lowest BCUT2D eigenvalue weighted by molar-refractivity contribution is -0.252. The Labute approximate surface area is 109 Å². The monoisotopic (exact) mass is 284 g/mol. The third-order valence-electron chi connectivity index (χ3n) is 2.58. The molecule has 1 aliphatic heterocycles. The molecule has 0 saturated carbocycles. The highest BCUT2D eigenvalue weighted by molar-refractivity contribution is 6.18. The summed E-state index contributed by atoms with van der Waals surface area (Å²) >= 11 is 5.37. The van der Waals surface area contributed by atoms with Gasteiger partial charge in [0.1, 0.15) is 24.4 Å². The number of carbonyl (C=O) groups excluding carboxylic acids is 1. The van der Waals surface area contributed by atoms with E-state index in [1.807, 2.05) is 0 Å². The summed E-state index contributed by atoms with van der Waals surface area (Å²) in [5, 5.41) is 42.3. The topological polar surface area (TPSA) is 131 Å². The molecule has 6 N–H and O–H groups in total. The molecule has 1 fully saturated rings. The van der Waals surface area contributed by atoms with Crippen LogP contribution in [0.4, 0.5) is 4.79 Å². The van der Waals surface area contributed by atoms with Crippen LogP contribution in [0, 0.1) is 0 Å². The second-order valence-electron chi connectivity index (χ2n) is 3.84. The number of rotatable bonds is 4. The van der Waals surface area contributed by atoms with Crippen molar-refractivity contribution in [1.29, 1.82) is 0 Å². The van der Waals surface area contributed by atoms with E-state index in [0.29, 0.717) is 0 Å². The highest BCUT2D eigenvalue weighted by atomic mass is 35.5. The maximum Gasteiger partial charge on any atom is 0.315 e. The van der Waals surface area contributed by atoms with E-state index in [-0.39, 0.29) is 12.4 Å². The Hall–Kier alpha value is -0.640. The van der Waals surface area contributed by atoms with Crippen molar-refractivity contribution in [3.05, 3.63) is 0 Å². The van der Waals surface area contributed by atoms with E-state index in [1.54, 1.807) is 0 Å². The number of hydrogen-bond acceptors (Lipinski definition) is 6. The lowest BCUT2D eigenvalue weighted by atomic mass is 9.97. The number of aliphatic hydroxyl groups excluding tert-OH is 4. The van der Waals surface area contributed by atoms with Gasteiger partial charge in [-0.25, -0.2) is 4.79 Å². The summed E-state index contributed by atoms with van der Waals surface area (Å²) in [5.41, 5.74) is 0. The zero-order valence-corrected chi connectivity index (χ0v) is 10.2. The summed E-state index contributed by atoms with van der Waals surface area (Å²) < 4.78 is 4.86. The summed E-state index contributed by atoms with van der Waals surface area (Å²) in [6.07, 6.45) is -5.48. The lowest BCUT2D eigenvalue weighted by Crippen LogP contribution is -2.65. The molecule has 106 valence electrons. The zero-order chi connectivity index (χ0) is 13.7. The van der Waals surface area contributed by atoms with Crippen LogP contribution in [0.3, 0.4) is 0 Å². The Balaban J connectivity index is 2.57. The molecule has 0 spiro atoms. The summed E-state index contributed by atoms with van der Waals surface area (Å²) in [6, 6.07) is -1.85. The van der Waals surface area contributed by atoms with Gasteiger partial charge in [-0.3, -0.25) is 0 Å². The second-order valence-corrected chi connectivity index (χ2v) is 4.22. The molecular formula is C9H17ClN2O6. The first kappa shape index (κ1) is 15.4. The van der Waals surface area contributed by atoms with Crippen molar-refractivity contribution in [2.24, 2.45) is 0 Å². The van der Waals surface area contributed by atoms with Crippen LogP contribution in [0.1, 0.15) is 0 Å². The van der Waals surface area contributed by atoms with Crippen molar-refractivity contribution in [3.63, 3.8) is 0 Å². The average Bonchev–Trinajstić information content (AvgIpc) is 2.36. The van der Waals surface area contributed by atoms with Gasteiger partial charge in [-0.05, 0) is 0 Å². The van der Waals surface area contributed by atoms with Gasteiger partial charge in [0.2, 0.25) is 0 Å². The van der Waals surface area contributed by atoms with Gasteiger partial charge in [-0.1, -0.05) is 0 Å². The molecule has 5 atom stereocenters. The van der Waals surface area contributed by atoms with Gasteiger partial charge in [-0.2, -0.15) is 0 Å². The summed E-state index contributed by atoms with van der Waals surface area (Å²) in [4.78, 5) is 11.3. The number of halogens is 1. The molecule has 8 nitrogen and oxygen atoms in total. The molecule has 2 amide bonds. The Kier molecular flexibility index (Phi) is 6.06. The molecule has 1 rings (SSSR count). The summed E-state index contributed by atoms with van der Waals surface area (Å²) in [5.74, 6) is 0.217. The van der Waals surface area contributed by atoms with Crippen LogP contribution in [0.15, 0.2) is 0 Å². The molecule has 1 saturated heterocycles. The van der Waals surface area contributed by atoms with Crippen LogP contribution in [0.2, 0.25) is 0 Å². The van der Waals surface area contributed by atoms with Gasteiger partial charge >= 0.3 is 6.03 Å². The van der Waals surface area contributed by atoms with Crippen molar-refractivity contribution in [2.75, 3.05) is 19.0 Å². The fraction of sp³-hybridized carbons (Fsp3) is 0.889. The van der Waals surface area contributed by atoms with Crippen LogP contribution in [0.5, 0.6) is 0 Å². The fourth-order valence-electron chi connectivity index (χ4n) is 1.62. The van der Waals surface area contributed by atoms with E-state index in [1.165, 1.54) is 0 Å². The number of hydrogen-bond donors (Lipinski definition) is 6. The number of ether oxygens (including phenoxy) is 1. The molecule has 9 heteroatoms. The molecule has 0 unspecified atom stereocenters. The van der Waals surface area contributed by atoms with Gasteiger partial charge in [0.25, 0.3) is 0 Å². The number of aliphatic hydroxyl groups is 4. The predicted molar refractivity (Wildman–Crippen MR) is 61.0 cm³/mol. The molecule has 0 radical (unpaired) electrons. The Bertz CT molecular complexity index is 282. The predicted octanol–water partition coefficient (Wildman–Crippen LogP) is -2.68. The minimum atomic E-state index is -1.53. The van der Waals surface area contributed by atoms with Crippen molar-refractivity contribution in [3.8, 4) is 0 Å². The van der Waals surface area contributed by atoms with Gasteiger partial charge in [0, 0.05) is 12.4 Å². The first-order chi connectivity index (χ1) is 8.51. The maximum absolute atomic E-state index is 11.3. The van der Waals surface area contributed by atoms with Crippen molar-refractivity contribution < 1.29 is 30.0 Å². The highest BCUT2D eigenvalue weighted by Gasteiger charge is 2.44. The normalized spacial score (nSPS) is 36.2. The average molecular weight is 285 g/mol. The summed E-state index contributed by atoms with van der Waals surface area (Å²) in [7, 11) is 0. The van der Waals surface area contributed by atoms with Gasteiger partial charge in [0.05, 0.1) is 6.61 Å². The SMILES string of the molecule is O=C(NCCCl)N[C@H]1[C@@H](O)[C@H](O)[C@@H](CO)O[C@H]1O. The fourth-order valence-corrected chi connectivity index (χ4v) is 1.71. The van der Waals surface area contributed by atoms with Crippen LogP contribution < -0.4 is 10.6 Å². The lowest BCUT2D eigenvalue weighted by Gasteiger charge is -2.40. The molecular weight excluding hydrogens is 268 g/mol. The number of alkyl halides is 1. The molecule has 0 aliphatic carbocycles.